The summed E-state index contributed by atoms with van der Waals surface area (Å²) in [6, 6.07) is 11.9. The Bertz CT molecular complexity index is 669. The molecule has 4 rings (SSSR count). The molecule has 23 heavy (non-hydrogen) atoms. The number of hydrogen-bond acceptors (Lipinski definition) is 3. The maximum atomic E-state index is 12.4. The standard InChI is InChI=1S/C18H22N4O/c23-18(20-22-12-15-7-4-8-16(15)13-22)17-9-10-21(19-17)11-14-5-2-1-3-6-14/h1-3,5-6,9-10,15-16H,4,7-8,11-13H2,(H,20,23). The number of carbonyl (C=O) groups is 1. The van der Waals surface area contributed by atoms with E-state index in [1.807, 2.05) is 29.1 Å². The van der Waals surface area contributed by atoms with Crippen molar-refractivity contribution in [2.45, 2.75) is 25.8 Å². The summed E-state index contributed by atoms with van der Waals surface area (Å²) in [4.78, 5) is 12.4. The van der Waals surface area contributed by atoms with Crippen LogP contribution in [0.5, 0.6) is 0 Å². The minimum Gasteiger partial charge on any atom is -0.283 e. The molecule has 0 bridgehead atoms. The Morgan fingerprint density at radius 2 is 1.87 bits per heavy atom. The van der Waals surface area contributed by atoms with Crippen LogP contribution in [0.1, 0.15) is 35.3 Å². The Labute approximate surface area is 136 Å². The number of fused-ring (bicyclic) bond motifs is 1. The topological polar surface area (TPSA) is 50.2 Å². The van der Waals surface area contributed by atoms with Crippen molar-refractivity contribution in [1.82, 2.24) is 20.2 Å². The third-order valence-corrected chi connectivity index (χ3v) is 5.05. The lowest BCUT2D eigenvalue weighted by atomic mass is 10.0. The average molecular weight is 310 g/mol. The number of hydrazine groups is 1. The van der Waals surface area contributed by atoms with Crippen molar-refractivity contribution in [2.75, 3.05) is 13.1 Å². The molecular formula is C18H22N4O. The quantitative estimate of drug-likeness (QED) is 0.943. The number of nitrogens with one attached hydrogen (secondary N) is 1. The molecule has 1 aromatic carbocycles. The van der Waals surface area contributed by atoms with Gasteiger partial charge in [-0.3, -0.25) is 14.9 Å². The molecule has 2 fully saturated rings. The molecule has 1 N–H and O–H groups in total. The van der Waals surface area contributed by atoms with Crippen molar-refractivity contribution < 1.29 is 4.79 Å². The summed E-state index contributed by atoms with van der Waals surface area (Å²) in [6.07, 6.45) is 5.83. The zero-order valence-corrected chi connectivity index (χ0v) is 13.2. The highest BCUT2D eigenvalue weighted by atomic mass is 16.2. The summed E-state index contributed by atoms with van der Waals surface area (Å²) < 4.78 is 1.81. The molecule has 1 amide bonds. The van der Waals surface area contributed by atoms with Crippen LogP contribution in [0.4, 0.5) is 0 Å². The minimum atomic E-state index is -0.100. The minimum absolute atomic E-state index is 0.100. The van der Waals surface area contributed by atoms with E-state index in [1.54, 1.807) is 6.07 Å². The van der Waals surface area contributed by atoms with Gasteiger partial charge in [0.05, 0.1) is 6.54 Å². The molecule has 2 aromatic rings. The number of carbonyl (C=O) groups excluding carboxylic acids is 1. The van der Waals surface area contributed by atoms with Gasteiger partial charge in [0, 0.05) is 19.3 Å². The van der Waals surface area contributed by atoms with Crippen LogP contribution >= 0.6 is 0 Å². The first-order chi connectivity index (χ1) is 11.3. The van der Waals surface area contributed by atoms with Crippen molar-refractivity contribution >= 4 is 5.91 Å². The fraction of sp³-hybridized carbons (Fsp3) is 0.444. The molecular weight excluding hydrogens is 288 g/mol. The number of hydrogen-bond donors (Lipinski definition) is 1. The maximum Gasteiger partial charge on any atom is 0.286 e. The van der Waals surface area contributed by atoms with Gasteiger partial charge in [0.2, 0.25) is 0 Å². The zero-order valence-electron chi connectivity index (χ0n) is 13.2. The Morgan fingerprint density at radius 3 is 2.61 bits per heavy atom. The Kier molecular flexibility index (Phi) is 3.87. The highest BCUT2D eigenvalue weighted by Crippen LogP contribution is 2.36. The third kappa shape index (κ3) is 3.15. The van der Waals surface area contributed by atoms with Gasteiger partial charge in [-0.15, -0.1) is 0 Å². The molecule has 5 nitrogen and oxygen atoms in total. The van der Waals surface area contributed by atoms with Gasteiger partial charge < -0.3 is 0 Å². The van der Waals surface area contributed by atoms with E-state index in [1.165, 1.54) is 24.8 Å². The first-order valence-electron chi connectivity index (χ1n) is 8.41. The van der Waals surface area contributed by atoms with Gasteiger partial charge in [0.15, 0.2) is 5.69 Å². The van der Waals surface area contributed by atoms with E-state index < -0.39 is 0 Å². The summed E-state index contributed by atoms with van der Waals surface area (Å²) >= 11 is 0. The van der Waals surface area contributed by atoms with Crippen molar-refractivity contribution in [3.63, 3.8) is 0 Å². The Hall–Kier alpha value is -2.14. The number of amides is 1. The lowest BCUT2D eigenvalue weighted by Gasteiger charge is -2.17. The highest BCUT2D eigenvalue weighted by molar-refractivity contribution is 5.91. The second-order valence-corrected chi connectivity index (χ2v) is 6.68. The van der Waals surface area contributed by atoms with E-state index in [0.717, 1.165) is 24.9 Å². The molecule has 1 aliphatic heterocycles. The molecule has 2 heterocycles. The predicted octanol–water partition coefficient (Wildman–Crippen LogP) is 2.31. The molecule has 1 aromatic heterocycles. The largest absolute Gasteiger partial charge is 0.286 e. The van der Waals surface area contributed by atoms with E-state index in [4.69, 9.17) is 0 Å². The van der Waals surface area contributed by atoms with Crippen LogP contribution in [0.2, 0.25) is 0 Å². The molecule has 1 saturated carbocycles. The molecule has 2 unspecified atom stereocenters. The van der Waals surface area contributed by atoms with Gasteiger partial charge >= 0.3 is 0 Å². The van der Waals surface area contributed by atoms with Crippen molar-refractivity contribution in [1.29, 1.82) is 0 Å². The summed E-state index contributed by atoms with van der Waals surface area (Å²) in [6.45, 7) is 2.66. The first-order valence-corrected chi connectivity index (χ1v) is 8.41. The second-order valence-electron chi connectivity index (χ2n) is 6.68. The van der Waals surface area contributed by atoms with E-state index in [9.17, 15) is 4.79 Å². The molecule has 0 spiro atoms. The fourth-order valence-electron chi connectivity index (χ4n) is 3.87. The molecule has 120 valence electrons. The third-order valence-electron chi connectivity index (χ3n) is 5.05. The van der Waals surface area contributed by atoms with Crippen molar-refractivity contribution in [3.05, 3.63) is 53.9 Å². The Balaban J connectivity index is 1.36. The van der Waals surface area contributed by atoms with Gasteiger partial charge in [-0.2, -0.15) is 5.10 Å². The van der Waals surface area contributed by atoms with Crippen molar-refractivity contribution in [2.24, 2.45) is 11.8 Å². The molecule has 2 atom stereocenters. The smallest absolute Gasteiger partial charge is 0.283 e. The van der Waals surface area contributed by atoms with Crippen molar-refractivity contribution in [3.8, 4) is 0 Å². The summed E-state index contributed by atoms with van der Waals surface area (Å²) in [5.74, 6) is 1.44. The number of benzene rings is 1. The highest BCUT2D eigenvalue weighted by Gasteiger charge is 2.36. The number of aromatic nitrogens is 2. The predicted molar refractivity (Wildman–Crippen MR) is 87.6 cm³/mol. The van der Waals surface area contributed by atoms with Crippen LogP contribution in [0.15, 0.2) is 42.6 Å². The molecule has 1 aliphatic carbocycles. The molecule has 5 heteroatoms. The average Bonchev–Trinajstić information content (AvgIpc) is 3.24. The SMILES string of the molecule is O=C(NN1CC2CCCC2C1)c1ccn(Cc2ccccc2)n1. The van der Waals surface area contributed by atoms with Crippen LogP contribution in [0, 0.1) is 11.8 Å². The van der Waals surface area contributed by atoms with E-state index in [-0.39, 0.29) is 5.91 Å². The second kappa shape index (κ2) is 6.16. The number of nitrogens with zero attached hydrogens (tertiary/aromatic N) is 3. The van der Waals surface area contributed by atoms with Gasteiger partial charge in [-0.1, -0.05) is 36.8 Å². The van der Waals surface area contributed by atoms with Gasteiger partial charge in [0.1, 0.15) is 0 Å². The maximum absolute atomic E-state index is 12.4. The van der Waals surface area contributed by atoms with Gasteiger partial charge in [-0.05, 0) is 36.3 Å². The zero-order chi connectivity index (χ0) is 15.6. The normalized spacial score (nSPS) is 23.8. The lowest BCUT2D eigenvalue weighted by molar-refractivity contribution is 0.0808. The number of rotatable bonds is 4. The molecule has 0 radical (unpaired) electrons. The van der Waals surface area contributed by atoms with Crippen LogP contribution in [0.3, 0.4) is 0 Å². The van der Waals surface area contributed by atoms with E-state index in [2.05, 4.69) is 27.7 Å². The summed E-state index contributed by atoms with van der Waals surface area (Å²) in [5, 5.41) is 6.47. The van der Waals surface area contributed by atoms with Gasteiger partial charge in [-0.25, -0.2) is 5.01 Å². The van der Waals surface area contributed by atoms with E-state index in [0.29, 0.717) is 12.2 Å². The monoisotopic (exact) mass is 310 g/mol. The van der Waals surface area contributed by atoms with E-state index >= 15 is 0 Å². The van der Waals surface area contributed by atoms with Crippen LogP contribution in [0.25, 0.3) is 0 Å². The Morgan fingerprint density at radius 1 is 1.13 bits per heavy atom. The first kappa shape index (κ1) is 14.5. The van der Waals surface area contributed by atoms with Crippen LogP contribution in [-0.4, -0.2) is 33.8 Å². The lowest BCUT2D eigenvalue weighted by Crippen LogP contribution is -2.41. The fourth-order valence-corrected chi connectivity index (χ4v) is 3.87. The summed E-state index contributed by atoms with van der Waals surface area (Å²) in [5.41, 5.74) is 4.68. The molecule has 2 aliphatic rings. The molecule has 1 saturated heterocycles. The van der Waals surface area contributed by atoms with Crippen LogP contribution in [-0.2, 0) is 6.54 Å². The summed E-state index contributed by atoms with van der Waals surface area (Å²) in [7, 11) is 0. The van der Waals surface area contributed by atoms with Gasteiger partial charge in [0.25, 0.3) is 5.91 Å². The van der Waals surface area contributed by atoms with Crippen LogP contribution < -0.4 is 5.43 Å².